The highest BCUT2D eigenvalue weighted by Crippen LogP contribution is 2.17. The summed E-state index contributed by atoms with van der Waals surface area (Å²) in [5.41, 5.74) is 0.552. The lowest BCUT2D eigenvalue weighted by molar-refractivity contribution is 0.0887. The number of ketones is 2. The van der Waals surface area contributed by atoms with E-state index in [0.29, 0.717) is 11.4 Å². The fraction of sp³-hybridized carbons (Fsp3) is 0.118. The summed E-state index contributed by atoms with van der Waals surface area (Å²) < 4.78 is 1.62. The summed E-state index contributed by atoms with van der Waals surface area (Å²) in [6.07, 6.45) is 3.07. The van der Waals surface area contributed by atoms with Gasteiger partial charge >= 0.3 is 0 Å². The van der Waals surface area contributed by atoms with Crippen LogP contribution in [0.25, 0.3) is 10.8 Å². The third kappa shape index (κ3) is 2.60. The summed E-state index contributed by atoms with van der Waals surface area (Å²) in [6, 6.07) is 13.3. The third-order valence-corrected chi connectivity index (χ3v) is 3.46. The second kappa shape index (κ2) is 5.32. The number of imidazole rings is 1. The van der Waals surface area contributed by atoms with E-state index in [1.54, 1.807) is 30.1 Å². The zero-order valence-electron chi connectivity index (χ0n) is 11.6. The molecule has 0 aliphatic carbocycles. The lowest BCUT2D eigenvalue weighted by Crippen LogP contribution is -2.12. The van der Waals surface area contributed by atoms with Gasteiger partial charge in [-0.2, -0.15) is 0 Å². The van der Waals surface area contributed by atoms with Gasteiger partial charge in [0, 0.05) is 25.0 Å². The standard InChI is InChI=1S/C17H14N2O2/c1-19-9-8-18-17(19)16(21)11-15(20)14-7-6-12-4-2-3-5-13(12)10-14/h2-10H,11H2,1H3. The molecule has 0 saturated carbocycles. The molecule has 0 atom stereocenters. The highest BCUT2D eigenvalue weighted by atomic mass is 16.1. The van der Waals surface area contributed by atoms with Crippen LogP contribution in [-0.4, -0.2) is 21.1 Å². The number of rotatable bonds is 4. The zero-order valence-corrected chi connectivity index (χ0v) is 11.6. The van der Waals surface area contributed by atoms with Crippen molar-refractivity contribution >= 4 is 22.3 Å². The molecule has 21 heavy (non-hydrogen) atoms. The monoisotopic (exact) mass is 278 g/mol. The highest BCUT2D eigenvalue weighted by molar-refractivity contribution is 6.13. The lowest BCUT2D eigenvalue weighted by Gasteiger charge is -2.03. The van der Waals surface area contributed by atoms with Crippen molar-refractivity contribution < 1.29 is 9.59 Å². The SMILES string of the molecule is Cn1ccnc1C(=O)CC(=O)c1ccc2ccccc2c1. The van der Waals surface area contributed by atoms with Gasteiger partial charge in [0.05, 0.1) is 6.42 Å². The van der Waals surface area contributed by atoms with Crippen molar-refractivity contribution in [3.8, 4) is 0 Å². The Bertz CT molecular complexity index is 833. The molecule has 0 spiro atoms. The van der Waals surface area contributed by atoms with Gasteiger partial charge in [-0.3, -0.25) is 9.59 Å². The molecular formula is C17H14N2O2. The van der Waals surface area contributed by atoms with Crippen molar-refractivity contribution in [2.45, 2.75) is 6.42 Å². The minimum atomic E-state index is -0.263. The summed E-state index contributed by atoms with van der Waals surface area (Å²) in [7, 11) is 1.74. The maximum Gasteiger partial charge on any atom is 0.205 e. The topological polar surface area (TPSA) is 52.0 Å². The van der Waals surface area contributed by atoms with Gasteiger partial charge < -0.3 is 4.57 Å². The van der Waals surface area contributed by atoms with E-state index in [1.807, 2.05) is 36.4 Å². The van der Waals surface area contributed by atoms with Gasteiger partial charge in [0.15, 0.2) is 11.6 Å². The number of aryl methyl sites for hydroxylation is 1. The van der Waals surface area contributed by atoms with E-state index in [0.717, 1.165) is 10.8 Å². The van der Waals surface area contributed by atoms with E-state index >= 15 is 0 Å². The maximum atomic E-state index is 12.2. The minimum Gasteiger partial charge on any atom is -0.332 e. The minimum absolute atomic E-state index is 0.163. The van der Waals surface area contributed by atoms with Crippen LogP contribution in [0, 0.1) is 0 Å². The molecule has 0 bridgehead atoms. The van der Waals surface area contributed by atoms with Crippen molar-refractivity contribution in [2.75, 3.05) is 0 Å². The molecule has 0 fully saturated rings. The van der Waals surface area contributed by atoms with E-state index in [2.05, 4.69) is 4.98 Å². The maximum absolute atomic E-state index is 12.2. The Hall–Kier alpha value is -2.75. The largest absolute Gasteiger partial charge is 0.332 e. The molecule has 2 aromatic carbocycles. The summed E-state index contributed by atoms with van der Waals surface area (Å²) in [6.45, 7) is 0. The number of carbonyl (C=O) groups excluding carboxylic acids is 2. The van der Waals surface area contributed by atoms with Crippen LogP contribution in [0.5, 0.6) is 0 Å². The lowest BCUT2D eigenvalue weighted by atomic mass is 10.0. The Morgan fingerprint density at radius 3 is 2.52 bits per heavy atom. The van der Waals surface area contributed by atoms with Gasteiger partial charge in [-0.25, -0.2) is 4.98 Å². The fourth-order valence-corrected chi connectivity index (χ4v) is 2.32. The third-order valence-electron chi connectivity index (χ3n) is 3.46. The first-order chi connectivity index (χ1) is 10.1. The van der Waals surface area contributed by atoms with Crippen LogP contribution < -0.4 is 0 Å². The van der Waals surface area contributed by atoms with Crippen molar-refractivity contribution in [1.29, 1.82) is 0 Å². The summed E-state index contributed by atoms with van der Waals surface area (Å²) >= 11 is 0. The van der Waals surface area contributed by atoms with Gasteiger partial charge in [0.25, 0.3) is 0 Å². The molecule has 0 amide bonds. The van der Waals surface area contributed by atoms with Crippen LogP contribution in [0.4, 0.5) is 0 Å². The van der Waals surface area contributed by atoms with Gasteiger partial charge in [0.1, 0.15) is 0 Å². The normalized spacial score (nSPS) is 10.7. The molecule has 3 aromatic rings. The van der Waals surface area contributed by atoms with E-state index in [9.17, 15) is 9.59 Å². The molecule has 1 heterocycles. The molecule has 4 nitrogen and oxygen atoms in total. The Morgan fingerprint density at radius 2 is 1.81 bits per heavy atom. The van der Waals surface area contributed by atoms with E-state index in [1.165, 1.54) is 0 Å². The molecule has 4 heteroatoms. The highest BCUT2D eigenvalue weighted by Gasteiger charge is 2.17. The Kier molecular flexibility index (Phi) is 3.36. The molecule has 1 aromatic heterocycles. The number of Topliss-reactive ketones (excluding diaryl/α,β-unsaturated/α-hetero) is 2. The van der Waals surface area contributed by atoms with E-state index in [-0.39, 0.29) is 18.0 Å². The second-order valence-electron chi connectivity index (χ2n) is 4.95. The Morgan fingerprint density at radius 1 is 1.05 bits per heavy atom. The van der Waals surface area contributed by atoms with Crippen LogP contribution >= 0.6 is 0 Å². The van der Waals surface area contributed by atoms with Gasteiger partial charge in [-0.05, 0) is 16.8 Å². The van der Waals surface area contributed by atoms with Crippen LogP contribution in [0.3, 0.4) is 0 Å². The molecule has 3 rings (SSSR count). The fourth-order valence-electron chi connectivity index (χ4n) is 2.32. The van der Waals surface area contributed by atoms with Crippen molar-refractivity contribution in [3.63, 3.8) is 0 Å². The molecule has 0 aliphatic heterocycles. The molecule has 0 unspecified atom stereocenters. The summed E-state index contributed by atoms with van der Waals surface area (Å²) in [5, 5.41) is 2.07. The number of carbonyl (C=O) groups is 2. The van der Waals surface area contributed by atoms with Crippen molar-refractivity contribution in [2.24, 2.45) is 7.05 Å². The van der Waals surface area contributed by atoms with Gasteiger partial charge in [0.2, 0.25) is 5.78 Å². The molecule has 0 N–H and O–H groups in total. The van der Waals surface area contributed by atoms with Crippen LogP contribution in [0.15, 0.2) is 54.9 Å². The van der Waals surface area contributed by atoms with Crippen LogP contribution in [0.2, 0.25) is 0 Å². The summed E-state index contributed by atoms with van der Waals surface area (Å²) in [4.78, 5) is 28.3. The second-order valence-corrected chi connectivity index (χ2v) is 4.95. The molecule has 104 valence electrons. The molecule has 0 radical (unpaired) electrons. The predicted octanol–water partition coefficient (Wildman–Crippen LogP) is 3.03. The zero-order chi connectivity index (χ0) is 14.8. The van der Waals surface area contributed by atoms with Gasteiger partial charge in [-0.1, -0.05) is 36.4 Å². The molecule has 0 saturated heterocycles. The molecular weight excluding hydrogens is 264 g/mol. The van der Waals surface area contributed by atoms with E-state index in [4.69, 9.17) is 0 Å². The van der Waals surface area contributed by atoms with Crippen molar-refractivity contribution in [3.05, 3.63) is 66.2 Å². The van der Waals surface area contributed by atoms with Gasteiger partial charge in [-0.15, -0.1) is 0 Å². The van der Waals surface area contributed by atoms with Crippen molar-refractivity contribution in [1.82, 2.24) is 9.55 Å². The Balaban J connectivity index is 1.84. The quantitative estimate of drug-likeness (QED) is 0.544. The number of nitrogens with zero attached hydrogens (tertiary/aromatic N) is 2. The first-order valence-electron chi connectivity index (χ1n) is 6.67. The van der Waals surface area contributed by atoms with E-state index < -0.39 is 0 Å². The smallest absolute Gasteiger partial charge is 0.205 e. The number of hydrogen-bond donors (Lipinski definition) is 0. The number of benzene rings is 2. The first kappa shape index (κ1) is 13.2. The number of aromatic nitrogens is 2. The summed E-state index contributed by atoms with van der Waals surface area (Å²) in [5.74, 6) is -0.140. The molecule has 0 aliphatic rings. The number of hydrogen-bond acceptors (Lipinski definition) is 3. The number of fused-ring (bicyclic) bond motifs is 1. The average molecular weight is 278 g/mol. The van der Waals surface area contributed by atoms with Crippen LogP contribution in [0.1, 0.15) is 27.4 Å². The average Bonchev–Trinajstić information content (AvgIpc) is 2.93. The predicted molar refractivity (Wildman–Crippen MR) is 80.4 cm³/mol. The van der Waals surface area contributed by atoms with Crippen LogP contribution in [-0.2, 0) is 7.05 Å². The Labute approximate surface area is 122 Å². The first-order valence-corrected chi connectivity index (χ1v) is 6.67.